The lowest BCUT2D eigenvalue weighted by Gasteiger charge is -2.14. The Morgan fingerprint density at radius 3 is 2.88 bits per heavy atom. The molecule has 1 aromatic carbocycles. The second-order valence-electron chi connectivity index (χ2n) is 3.82. The molecule has 1 amide bonds. The van der Waals surface area contributed by atoms with E-state index in [2.05, 4.69) is 5.32 Å². The lowest BCUT2D eigenvalue weighted by Crippen LogP contribution is -2.26. The molecule has 0 heterocycles. The third-order valence-electron chi connectivity index (χ3n) is 2.45. The number of carbonyl (C=O) groups excluding carboxylic acids is 1. The Morgan fingerprint density at radius 1 is 1.50 bits per heavy atom. The smallest absolute Gasteiger partial charge is 0.220 e. The molecule has 0 radical (unpaired) electrons. The van der Waals surface area contributed by atoms with E-state index in [4.69, 9.17) is 4.74 Å². The van der Waals surface area contributed by atoms with Crippen LogP contribution in [0.1, 0.15) is 38.3 Å². The number of methoxy groups -OCH3 is 1. The average Bonchev–Trinajstić information content (AvgIpc) is 2.29. The average molecular weight is 221 g/mol. The summed E-state index contributed by atoms with van der Waals surface area (Å²) in [5.41, 5.74) is 1.06. The molecule has 88 valence electrons. The molecule has 0 saturated heterocycles. The second-order valence-corrected chi connectivity index (χ2v) is 3.82. The van der Waals surface area contributed by atoms with Gasteiger partial charge in [-0.2, -0.15) is 0 Å². The largest absolute Gasteiger partial charge is 0.497 e. The Morgan fingerprint density at radius 2 is 2.25 bits per heavy atom. The first-order valence-corrected chi connectivity index (χ1v) is 5.60. The maximum absolute atomic E-state index is 11.4. The van der Waals surface area contributed by atoms with Gasteiger partial charge in [-0.25, -0.2) is 0 Å². The number of nitrogens with one attached hydrogen (secondary N) is 1. The molecule has 1 N–H and O–H groups in total. The summed E-state index contributed by atoms with van der Waals surface area (Å²) < 4.78 is 5.14. The molecule has 16 heavy (non-hydrogen) atoms. The van der Waals surface area contributed by atoms with Crippen LogP contribution in [0.15, 0.2) is 24.3 Å². The summed E-state index contributed by atoms with van der Waals surface area (Å²) in [6.45, 7) is 3.97. The van der Waals surface area contributed by atoms with Crippen LogP contribution in [-0.4, -0.2) is 13.0 Å². The van der Waals surface area contributed by atoms with Crippen molar-refractivity contribution < 1.29 is 9.53 Å². The number of carbonyl (C=O) groups is 1. The number of rotatable bonds is 5. The summed E-state index contributed by atoms with van der Waals surface area (Å²) in [6, 6.07) is 7.77. The molecule has 1 atom stereocenters. The molecule has 1 rings (SSSR count). The number of ether oxygens (including phenoxy) is 1. The van der Waals surface area contributed by atoms with Gasteiger partial charge < -0.3 is 10.1 Å². The SMILES string of the molecule is CCCC(=O)N[C@@H](C)c1cccc(OC)c1. The van der Waals surface area contributed by atoms with E-state index >= 15 is 0 Å². The molecule has 0 aliphatic rings. The van der Waals surface area contributed by atoms with Crippen LogP contribution in [0, 0.1) is 0 Å². The first-order valence-electron chi connectivity index (χ1n) is 5.60. The lowest BCUT2D eigenvalue weighted by molar-refractivity contribution is -0.121. The van der Waals surface area contributed by atoms with E-state index in [0.29, 0.717) is 6.42 Å². The van der Waals surface area contributed by atoms with Crippen molar-refractivity contribution in [2.75, 3.05) is 7.11 Å². The maximum atomic E-state index is 11.4. The van der Waals surface area contributed by atoms with Crippen LogP contribution in [-0.2, 0) is 4.79 Å². The van der Waals surface area contributed by atoms with Gasteiger partial charge in [0, 0.05) is 6.42 Å². The summed E-state index contributed by atoms with van der Waals surface area (Å²) in [7, 11) is 1.64. The molecule has 0 bridgehead atoms. The fourth-order valence-corrected chi connectivity index (χ4v) is 1.53. The van der Waals surface area contributed by atoms with Crippen LogP contribution in [0.5, 0.6) is 5.75 Å². The van der Waals surface area contributed by atoms with Crippen LogP contribution in [0.2, 0.25) is 0 Å². The first-order chi connectivity index (χ1) is 7.67. The van der Waals surface area contributed by atoms with Gasteiger partial charge in [-0.05, 0) is 31.0 Å². The van der Waals surface area contributed by atoms with E-state index in [1.54, 1.807) is 7.11 Å². The molecule has 0 aliphatic carbocycles. The van der Waals surface area contributed by atoms with Crippen molar-refractivity contribution in [2.24, 2.45) is 0 Å². The minimum atomic E-state index is 0.0224. The molecule has 1 aromatic rings. The van der Waals surface area contributed by atoms with Gasteiger partial charge in [0.15, 0.2) is 0 Å². The van der Waals surface area contributed by atoms with Crippen LogP contribution in [0.25, 0.3) is 0 Å². The molecule has 3 heteroatoms. The fraction of sp³-hybridized carbons (Fsp3) is 0.462. The quantitative estimate of drug-likeness (QED) is 0.830. The Balaban J connectivity index is 2.64. The van der Waals surface area contributed by atoms with Crippen molar-refractivity contribution in [3.8, 4) is 5.75 Å². The van der Waals surface area contributed by atoms with Crippen LogP contribution < -0.4 is 10.1 Å². The molecule has 3 nitrogen and oxygen atoms in total. The van der Waals surface area contributed by atoms with Gasteiger partial charge >= 0.3 is 0 Å². The van der Waals surface area contributed by atoms with Crippen molar-refractivity contribution >= 4 is 5.91 Å². The van der Waals surface area contributed by atoms with Crippen molar-refractivity contribution in [1.29, 1.82) is 0 Å². The van der Waals surface area contributed by atoms with E-state index in [1.165, 1.54) is 0 Å². The highest BCUT2D eigenvalue weighted by Gasteiger charge is 2.09. The van der Waals surface area contributed by atoms with Gasteiger partial charge in [0.1, 0.15) is 5.75 Å². The highest BCUT2D eigenvalue weighted by atomic mass is 16.5. The Kier molecular flexibility index (Phi) is 4.83. The molecule has 0 fully saturated rings. The zero-order valence-electron chi connectivity index (χ0n) is 10.1. The predicted octanol–water partition coefficient (Wildman–Crippen LogP) is 2.67. The summed E-state index contributed by atoms with van der Waals surface area (Å²) in [4.78, 5) is 11.4. The third-order valence-corrected chi connectivity index (χ3v) is 2.45. The van der Waals surface area contributed by atoms with Crippen LogP contribution in [0.3, 0.4) is 0 Å². The van der Waals surface area contributed by atoms with Crippen molar-refractivity contribution in [3.05, 3.63) is 29.8 Å². The highest BCUT2D eigenvalue weighted by Crippen LogP contribution is 2.18. The zero-order chi connectivity index (χ0) is 12.0. The number of amides is 1. The normalized spacial score (nSPS) is 11.9. The summed E-state index contributed by atoms with van der Waals surface area (Å²) in [6.07, 6.45) is 1.45. The van der Waals surface area contributed by atoms with Crippen LogP contribution in [0.4, 0.5) is 0 Å². The highest BCUT2D eigenvalue weighted by molar-refractivity contribution is 5.76. The van der Waals surface area contributed by atoms with E-state index in [9.17, 15) is 4.79 Å². The van der Waals surface area contributed by atoms with Gasteiger partial charge in [-0.15, -0.1) is 0 Å². The van der Waals surface area contributed by atoms with E-state index in [-0.39, 0.29) is 11.9 Å². The van der Waals surface area contributed by atoms with Gasteiger partial charge in [0.25, 0.3) is 0 Å². The maximum Gasteiger partial charge on any atom is 0.220 e. The topological polar surface area (TPSA) is 38.3 Å². The lowest BCUT2D eigenvalue weighted by atomic mass is 10.1. The van der Waals surface area contributed by atoms with Crippen molar-refractivity contribution in [3.63, 3.8) is 0 Å². The van der Waals surface area contributed by atoms with Crippen LogP contribution >= 0.6 is 0 Å². The Hall–Kier alpha value is -1.51. The van der Waals surface area contributed by atoms with E-state index in [0.717, 1.165) is 17.7 Å². The van der Waals surface area contributed by atoms with Gasteiger partial charge in [0.2, 0.25) is 5.91 Å². The number of benzene rings is 1. The van der Waals surface area contributed by atoms with E-state index < -0.39 is 0 Å². The van der Waals surface area contributed by atoms with Gasteiger partial charge in [-0.3, -0.25) is 4.79 Å². The van der Waals surface area contributed by atoms with E-state index in [1.807, 2.05) is 38.1 Å². The standard InChI is InChI=1S/C13H19NO2/c1-4-6-13(15)14-10(2)11-7-5-8-12(9-11)16-3/h5,7-10H,4,6H2,1-3H3,(H,14,15)/t10-/m0/s1. The Labute approximate surface area is 96.8 Å². The first kappa shape index (κ1) is 12.6. The molecule has 0 aliphatic heterocycles. The third kappa shape index (κ3) is 3.57. The molecular formula is C13H19NO2. The predicted molar refractivity (Wildman–Crippen MR) is 64.5 cm³/mol. The molecule has 0 unspecified atom stereocenters. The van der Waals surface area contributed by atoms with Gasteiger partial charge in [-0.1, -0.05) is 19.1 Å². The molecular weight excluding hydrogens is 202 g/mol. The molecule has 0 saturated carbocycles. The zero-order valence-corrected chi connectivity index (χ0v) is 10.1. The minimum absolute atomic E-state index is 0.0224. The monoisotopic (exact) mass is 221 g/mol. The minimum Gasteiger partial charge on any atom is -0.497 e. The number of hydrogen-bond acceptors (Lipinski definition) is 2. The van der Waals surface area contributed by atoms with Gasteiger partial charge in [0.05, 0.1) is 13.2 Å². The van der Waals surface area contributed by atoms with Crippen molar-refractivity contribution in [1.82, 2.24) is 5.32 Å². The summed E-state index contributed by atoms with van der Waals surface area (Å²) in [5.74, 6) is 0.909. The fourth-order valence-electron chi connectivity index (χ4n) is 1.53. The summed E-state index contributed by atoms with van der Waals surface area (Å²) in [5, 5.41) is 2.95. The molecule has 0 aromatic heterocycles. The van der Waals surface area contributed by atoms with Crippen molar-refractivity contribution in [2.45, 2.75) is 32.7 Å². The summed E-state index contributed by atoms with van der Waals surface area (Å²) >= 11 is 0. The second kappa shape index (κ2) is 6.16. The number of hydrogen-bond donors (Lipinski definition) is 1. The molecule has 0 spiro atoms. The Bertz CT molecular complexity index is 350.